The first-order valence-corrected chi connectivity index (χ1v) is 27.7. The van der Waals surface area contributed by atoms with E-state index >= 15 is 0 Å². The van der Waals surface area contributed by atoms with E-state index in [0.717, 1.165) is 72.3 Å². The molecule has 1 N–H and O–H groups in total. The van der Waals surface area contributed by atoms with Gasteiger partial charge in [-0.3, -0.25) is 18.8 Å². The quantitative estimate of drug-likeness (QED) is 0.131. The third-order valence-electron chi connectivity index (χ3n) is 13.4. The Balaban J connectivity index is 0.000000161. The van der Waals surface area contributed by atoms with Crippen LogP contribution in [0.15, 0.2) is 102 Å². The normalized spacial score (nSPS) is 15.2. The van der Waals surface area contributed by atoms with Gasteiger partial charge in [0.2, 0.25) is 5.88 Å². The van der Waals surface area contributed by atoms with Crippen molar-refractivity contribution in [2.24, 2.45) is 0 Å². The summed E-state index contributed by atoms with van der Waals surface area (Å²) in [5, 5.41) is 13.0. The number of aryl methyl sites for hydroxylation is 6. The number of fused-ring (bicyclic) bond motifs is 5. The third kappa shape index (κ3) is 14.7. The lowest BCUT2D eigenvalue weighted by Crippen LogP contribution is -2.36. The minimum Gasteiger partial charge on any atom is -0.472 e. The van der Waals surface area contributed by atoms with E-state index < -0.39 is 11.2 Å². The monoisotopic (exact) mass is 1190 g/mol. The molecule has 9 aromatic rings. The SMILES string of the molecule is C.CC(C)(C)OC(=O)N1CCC(O)C1.Cc1cc2ncc(-c3cccc(Br)n3)n2cc1Cl.Cc1cc2ncc(-c3cccc(OC4CCN(C(=O)OC(C)(C)C)C4)n3)n2cc1Cl.Cc1cnc2c(ccc3c(C)c(C)cnc32)c1C. The Morgan fingerprint density at radius 3 is 1.54 bits per heavy atom. The number of halogens is 3. The molecular formula is C61H71BrCl2N10O6. The van der Waals surface area contributed by atoms with Crippen LogP contribution in [0.5, 0.6) is 5.88 Å². The van der Waals surface area contributed by atoms with Crippen LogP contribution in [0.1, 0.15) is 95.2 Å². The highest BCUT2D eigenvalue weighted by Crippen LogP contribution is 2.30. The van der Waals surface area contributed by atoms with Crippen LogP contribution < -0.4 is 4.74 Å². The Kier molecular flexibility index (Phi) is 19.2. The highest BCUT2D eigenvalue weighted by molar-refractivity contribution is 9.10. The molecule has 10 heterocycles. The summed E-state index contributed by atoms with van der Waals surface area (Å²) >= 11 is 15.8. The molecule has 2 amide bonds. The van der Waals surface area contributed by atoms with E-state index in [-0.39, 0.29) is 31.8 Å². The number of carbonyl (C=O) groups excluding carboxylic acids is 2. The fourth-order valence-corrected chi connectivity index (χ4v) is 9.50. The number of likely N-dealkylation sites (tertiary alicyclic amines) is 2. The second-order valence-corrected chi connectivity index (χ2v) is 23.5. The smallest absolute Gasteiger partial charge is 0.410 e. The number of hydrogen-bond donors (Lipinski definition) is 1. The minimum absolute atomic E-state index is 0. The number of nitrogens with zero attached hydrogens (tertiary/aromatic N) is 10. The molecule has 422 valence electrons. The molecule has 11 rings (SSSR count). The fraction of sp³-hybridized carbons (Fsp3) is 0.377. The van der Waals surface area contributed by atoms with E-state index in [0.29, 0.717) is 43.5 Å². The summed E-state index contributed by atoms with van der Waals surface area (Å²) in [6, 6.07) is 19.6. The van der Waals surface area contributed by atoms with Gasteiger partial charge in [0, 0.05) is 67.7 Å². The Bertz CT molecular complexity index is 3640. The fourth-order valence-electron chi connectivity index (χ4n) is 8.85. The summed E-state index contributed by atoms with van der Waals surface area (Å²) in [5.41, 5.74) is 13.1. The van der Waals surface area contributed by atoms with Gasteiger partial charge in [-0.2, -0.15) is 0 Å². The van der Waals surface area contributed by atoms with Gasteiger partial charge in [0.25, 0.3) is 0 Å². The van der Waals surface area contributed by atoms with Crippen LogP contribution in [-0.2, 0) is 9.47 Å². The molecule has 19 heteroatoms. The third-order valence-corrected chi connectivity index (χ3v) is 14.6. The van der Waals surface area contributed by atoms with Gasteiger partial charge in [0.1, 0.15) is 33.2 Å². The van der Waals surface area contributed by atoms with Gasteiger partial charge in [0.05, 0.1) is 68.9 Å². The molecule has 0 spiro atoms. The second kappa shape index (κ2) is 25.3. The first kappa shape index (κ1) is 60.7. The number of aliphatic hydroxyl groups is 1. The Morgan fingerprint density at radius 1 is 0.613 bits per heavy atom. The van der Waals surface area contributed by atoms with Gasteiger partial charge < -0.3 is 29.1 Å². The lowest BCUT2D eigenvalue weighted by atomic mass is 10.0. The van der Waals surface area contributed by atoms with Crippen LogP contribution in [-0.4, -0.2) is 115 Å². The van der Waals surface area contributed by atoms with Gasteiger partial charge >= 0.3 is 12.2 Å². The van der Waals surface area contributed by atoms with Gasteiger partial charge in [-0.25, -0.2) is 29.5 Å². The molecular weight excluding hydrogens is 1120 g/mol. The average molecular weight is 1190 g/mol. The Hall–Kier alpha value is -6.92. The molecule has 2 atom stereocenters. The highest BCUT2D eigenvalue weighted by Gasteiger charge is 2.32. The number of aliphatic hydroxyl groups excluding tert-OH is 1. The zero-order chi connectivity index (χ0) is 57.1. The van der Waals surface area contributed by atoms with E-state index in [1.165, 1.54) is 37.9 Å². The molecule has 2 fully saturated rings. The molecule has 8 aromatic heterocycles. The van der Waals surface area contributed by atoms with E-state index in [9.17, 15) is 14.7 Å². The number of carbonyl (C=O) groups is 2. The maximum Gasteiger partial charge on any atom is 0.410 e. The molecule has 0 saturated carbocycles. The molecule has 16 nitrogen and oxygen atoms in total. The topological polar surface area (TPSA) is 175 Å². The molecule has 0 aliphatic carbocycles. The van der Waals surface area contributed by atoms with Crippen LogP contribution in [0.2, 0.25) is 10.0 Å². The number of hydrogen-bond acceptors (Lipinski definition) is 12. The maximum atomic E-state index is 12.3. The second-order valence-electron chi connectivity index (χ2n) is 21.9. The molecule has 2 aliphatic rings. The zero-order valence-electron chi connectivity index (χ0n) is 46.7. The average Bonchev–Trinajstić information content (AvgIpc) is 4.22. The first-order valence-electron chi connectivity index (χ1n) is 26.1. The summed E-state index contributed by atoms with van der Waals surface area (Å²) in [5.74, 6) is 0.511. The van der Waals surface area contributed by atoms with Gasteiger partial charge in [-0.15, -0.1) is 0 Å². The van der Waals surface area contributed by atoms with E-state index in [4.69, 9.17) is 37.4 Å². The summed E-state index contributed by atoms with van der Waals surface area (Å²) in [7, 11) is 0. The van der Waals surface area contributed by atoms with Crippen molar-refractivity contribution in [3.05, 3.63) is 146 Å². The number of benzene rings is 1. The van der Waals surface area contributed by atoms with E-state index in [1.807, 2.05) is 138 Å². The zero-order valence-corrected chi connectivity index (χ0v) is 49.8. The largest absolute Gasteiger partial charge is 0.472 e. The van der Waals surface area contributed by atoms with Gasteiger partial charge in [-0.1, -0.05) is 54.9 Å². The number of aromatic nitrogens is 8. The number of β-amino-alcohol motifs (C(OH)–C–C–N with tert-alkyl or cyclic N) is 1. The predicted molar refractivity (Wildman–Crippen MR) is 322 cm³/mol. The molecule has 0 radical (unpaired) electrons. The number of amides is 2. The Labute approximate surface area is 486 Å². The lowest BCUT2D eigenvalue weighted by Gasteiger charge is -2.24. The number of ether oxygens (including phenoxy) is 3. The highest BCUT2D eigenvalue weighted by atomic mass is 79.9. The first-order chi connectivity index (χ1) is 37.3. The Morgan fingerprint density at radius 2 is 1.07 bits per heavy atom. The van der Waals surface area contributed by atoms with Crippen LogP contribution in [0, 0.1) is 41.5 Å². The van der Waals surface area contributed by atoms with Crippen LogP contribution in [0.25, 0.3) is 55.9 Å². The van der Waals surface area contributed by atoms with Crippen LogP contribution in [0.4, 0.5) is 9.59 Å². The number of rotatable bonds is 4. The van der Waals surface area contributed by atoms with Crippen molar-refractivity contribution in [3.8, 4) is 28.7 Å². The van der Waals surface area contributed by atoms with Gasteiger partial charge in [-0.05, 0) is 169 Å². The number of imidazole rings is 2. The summed E-state index contributed by atoms with van der Waals surface area (Å²) in [6.07, 6.45) is 11.4. The molecule has 0 bridgehead atoms. The standard InChI is InChI=1S/C22H25ClN4O3.C16H16N2.C13H9BrClN3.C9H17NO3.CH4/c1-14-10-19-24-11-18(27(19)13-16(14)23)17-6-5-7-20(25-17)29-15-8-9-26(12-15)21(28)30-22(2,3)4;1-9-7-17-15-13(11(9)3)5-6-14-12(4)10(2)8-18-16(14)15;1-8-5-13-16-6-11(18(13)7-9(8)15)10-3-2-4-12(14)17-10;1-9(2,3)13-8(12)10-5-4-7(11)6-10;/h5-7,10-11,13,15H,8-9,12H2,1-4H3;5-8H,1-4H3;2-7H,1H3;7,11H,4-6H2,1-3H3;1H4. The summed E-state index contributed by atoms with van der Waals surface area (Å²) < 4.78 is 21.3. The van der Waals surface area contributed by atoms with E-state index in [2.05, 4.69) is 85.7 Å². The molecule has 80 heavy (non-hydrogen) atoms. The molecule has 2 saturated heterocycles. The van der Waals surface area contributed by atoms with Crippen molar-refractivity contribution >= 4 is 84.4 Å². The van der Waals surface area contributed by atoms with E-state index in [1.54, 1.807) is 17.3 Å². The van der Waals surface area contributed by atoms with Crippen LogP contribution in [0.3, 0.4) is 0 Å². The number of pyridine rings is 6. The lowest BCUT2D eigenvalue weighted by molar-refractivity contribution is 0.0263. The van der Waals surface area contributed by atoms with Crippen molar-refractivity contribution in [3.63, 3.8) is 0 Å². The summed E-state index contributed by atoms with van der Waals surface area (Å²) in [6.45, 7) is 25.5. The maximum absolute atomic E-state index is 12.3. The summed E-state index contributed by atoms with van der Waals surface area (Å²) in [4.78, 5) is 53.9. The minimum atomic E-state index is -0.513. The van der Waals surface area contributed by atoms with Crippen molar-refractivity contribution in [1.29, 1.82) is 0 Å². The van der Waals surface area contributed by atoms with Gasteiger partial charge in [0.15, 0.2) is 0 Å². The van der Waals surface area contributed by atoms with Crippen LogP contribution >= 0.6 is 39.1 Å². The van der Waals surface area contributed by atoms with Crippen molar-refractivity contribution < 1.29 is 28.9 Å². The predicted octanol–water partition coefficient (Wildman–Crippen LogP) is 14.5. The molecule has 1 aromatic carbocycles. The van der Waals surface area contributed by atoms with Crippen molar-refractivity contribution in [2.45, 2.75) is 127 Å². The van der Waals surface area contributed by atoms with Crippen molar-refractivity contribution in [1.82, 2.24) is 48.5 Å². The molecule has 2 aliphatic heterocycles. The molecule has 2 unspecified atom stereocenters. The van der Waals surface area contributed by atoms with Crippen molar-refractivity contribution in [2.75, 3.05) is 26.2 Å².